The lowest BCUT2D eigenvalue weighted by Gasteiger charge is -2.19. The Morgan fingerprint density at radius 1 is 1.25 bits per heavy atom. The van der Waals surface area contributed by atoms with Crippen molar-refractivity contribution in [1.82, 2.24) is 19.9 Å². The number of carbonyl (C=O) groups excluding carboxylic acids is 1. The number of benzene rings is 2. The van der Waals surface area contributed by atoms with Gasteiger partial charge in [0, 0.05) is 35.4 Å². The van der Waals surface area contributed by atoms with E-state index in [1.807, 2.05) is 54.2 Å². The number of imidazole rings is 1. The normalized spacial score (nSPS) is 12.1. The monoisotopic (exact) mass is 394 g/mol. The zero-order chi connectivity index (χ0) is 19.7. The van der Waals surface area contributed by atoms with E-state index < -0.39 is 6.04 Å². The number of aromatic amines is 1. The highest BCUT2D eigenvalue weighted by atomic mass is 35.5. The Morgan fingerprint density at radius 3 is 2.86 bits per heavy atom. The maximum Gasteiger partial charge on any atom is 0.268 e. The molecule has 2 aromatic carbocycles. The Balaban J connectivity index is 1.70. The third-order valence-corrected chi connectivity index (χ3v) is 4.88. The summed E-state index contributed by atoms with van der Waals surface area (Å²) in [5.41, 5.74) is 2.19. The number of amides is 1. The van der Waals surface area contributed by atoms with Crippen LogP contribution in [-0.4, -0.2) is 27.6 Å². The van der Waals surface area contributed by atoms with Gasteiger partial charge in [-0.05, 0) is 42.0 Å². The summed E-state index contributed by atoms with van der Waals surface area (Å²) in [5.74, 6) is 1.20. The number of methoxy groups -OCH3 is 1. The lowest BCUT2D eigenvalue weighted by Crippen LogP contribution is -2.31. The first-order valence-corrected chi connectivity index (χ1v) is 9.13. The predicted octanol–water partition coefficient (Wildman–Crippen LogP) is 4.08. The van der Waals surface area contributed by atoms with Gasteiger partial charge in [-0.2, -0.15) is 0 Å². The molecule has 0 radical (unpaired) electrons. The molecule has 0 aliphatic rings. The molecule has 0 saturated carbocycles. The second-order valence-corrected chi connectivity index (χ2v) is 6.93. The fourth-order valence-electron chi connectivity index (χ4n) is 3.21. The number of ether oxygens (including phenoxy) is 1. The Bertz CT molecular complexity index is 1150. The van der Waals surface area contributed by atoms with Gasteiger partial charge in [-0.3, -0.25) is 4.79 Å². The highest BCUT2D eigenvalue weighted by Crippen LogP contribution is 2.25. The summed E-state index contributed by atoms with van der Waals surface area (Å²) in [4.78, 5) is 20.6. The minimum absolute atomic E-state index is 0.233. The van der Waals surface area contributed by atoms with Crippen LogP contribution in [-0.2, 0) is 7.05 Å². The van der Waals surface area contributed by atoms with Crippen molar-refractivity contribution in [2.75, 3.05) is 7.11 Å². The second-order valence-electron chi connectivity index (χ2n) is 6.49. The van der Waals surface area contributed by atoms with Crippen molar-refractivity contribution in [3.05, 3.63) is 83.0 Å². The van der Waals surface area contributed by atoms with Crippen molar-refractivity contribution in [3.63, 3.8) is 0 Å². The molecule has 4 aromatic rings. The summed E-state index contributed by atoms with van der Waals surface area (Å²) in [7, 11) is 3.51. The average Bonchev–Trinajstić information content (AvgIpc) is 3.31. The van der Waals surface area contributed by atoms with Gasteiger partial charge in [-0.25, -0.2) is 4.98 Å². The summed E-state index contributed by atoms with van der Waals surface area (Å²) in [5, 5.41) is 4.59. The van der Waals surface area contributed by atoms with Crippen molar-refractivity contribution in [1.29, 1.82) is 0 Å². The molecule has 2 heterocycles. The lowest BCUT2D eigenvalue weighted by atomic mass is 10.1. The zero-order valence-corrected chi connectivity index (χ0v) is 16.2. The van der Waals surface area contributed by atoms with Crippen LogP contribution >= 0.6 is 11.6 Å². The predicted molar refractivity (Wildman–Crippen MR) is 109 cm³/mol. The number of H-pyrrole nitrogens is 1. The second kappa shape index (κ2) is 7.40. The lowest BCUT2D eigenvalue weighted by molar-refractivity contribution is 0.0937. The van der Waals surface area contributed by atoms with Crippen LogP contribution in [0.1, 0.15) is 27.9 Å². The molecule has 1 amide bonds. The van der Waals surface area contributed by atoms with Crippen LogP contribution in [0.2, 0.25) is 5.02 Å². The van der Waals surface area contributed by atoms with E-state index in [0.717, 1.165) is 22.3 Å². The van der Waals surface area contributed by atoms with Crippen LogP contribution in [0.5, 0.6) is 5.75 Å². The Labute approximate surface area is 167 Å². The molecule has 142 valence electrons. The van der Waals surface area contributed by atoms with Crippen LogP contribution in [0.25, 0.3) is 10.9 Å². The van der Waals surface area contributed by atoms with Crippen LogP contribution in [0, 0.1) is 0 Å². The van der Waals surface area contributed by atoms with Crippen LogP contribution in [0.4, 0.5) is 0 Å². The van der Waals surface area contributed by atoms with E-state index in [9.17, 15) is 4.79 Å². The quantitative estimate of drug-likeness (QED) is 0.535. The first-order valence-electron chi connectivity index (χ1n) is 8.75. The molecule has 6 nitrogen and oxygen atoms in total. The van der Waals surface area contributed by atoms with E-state index in [4.69, 9.17) is 16.3 Å². The number of hydrogen-bond acceptors (Lipinski definition) is 3. The van der Waals surface area contributed by atoms with E-state index in [2.05, 4.69) is 15.3 Å². The van der Waals surface area contributed by atoms with Crippen molar-refractivity contribution in [3.8, 4) is 5.75 Å². The standard InChI is InChI=1S/C21H19ClN4O2/c1-26-9-8-23-20(26)19(13-4-3-5-16(11-13)28-2)25-21(27)18-12-14-10-15(22)6-7-17(14)24-18/h3-12,19,24H,1-2H3,(H,25,27). The Kier molecular flexibility index (Phi) is 4.79. The number of carbonyl (C=O) groups is 1. The van der Waals surface area contributed by atoms with Crippen LogP contribution in [0.3, 0.4) is 0 Å². The van der Waals surface area contributed by atoms with Gasteiger partial charge in [0.05, 0.1) is 7.11 Å². The van der Waals surface area contributed by atoms with E-state index in [-0.39, 0.29) is 5.91 Å². The maximum absolute atomic E-state index is 13.0. The number of halogens is 1. The van der Waals surface area contributed by atoms with E-state index in [1.54, 1.807) is 25.4 Å². The molecule has 1 unspecified atom stereocenters. The van der Waals surface area contributed by atoms with Gasteiger partial charge in [0.1, 0.15) is 23.3 Å². The Hall–Kier alpha value is -3.25. The van der Waals surface area contributed by atoms with Gasteiger partial charge >= 0.3 is 0 Å². The van der Waals surface area contributed by atoms with Gasteiger partial charge < -0.3 is 19.6 Å². The molecule has 2 aromatic heterocycles. The van der Waals surface area contributed by atoms with Gasteiger partial charge in [-0.15, -0.1) is 0 Å². The number of nitrogens with zero attached hydrogens (tertiary/aromatic N) is 2. The molecule has 4 rings (SSSR count). The molecule has 0 fully saturated rings. The van der Waals surface area contributed by atoms with E-state index in [1.165, 1.54) is 0 Å². The smallest absolute Gasteiger partial charge is 0.268 e. The van der Waals surface area contributed by atoms with Gasteiger partial charge in [0.2, 0.25) is 0 Å². The molecule has 7 heteroatoms. The molecular weight excluding hydrogens is 376 g/mol. The number of nitrogens with one attached hydrogen (secondary N) is 2. The molecule has 0 saturated heterocycles. The number of rotatable bonds is 5. The van der Waals surface area contributed by atoms with Gasteiger partial charge in [-0.1, -0.05) is 23.7 Å². The zero-order valence-electron chi connectivity index (χ0n) is 15.4. The minimum atomic E-state index is -0.433. The summed E-state index contributed by atoms with van der Waals surface area (Å²) in [6.45, 7) is 0. The van der Waals surface area contributed by atoms with Crippen LogP contribution in [0.15, 0.2) is 60.9 Å². The van der Waals surface area contributed by atoms with Crippen LogP contribution < -0.4 is 10.1 Å². The third-order valence-electron chi connectivity index (χ3n) is 4.65. The third kappa shape index (κ3) is 3.46. The molecule has 0 aliphatic carbocycles. The van der Waals surface area contributed by atoms with Gasteiger partial charge in [0.15, 0.2) is 0 Å². The number of fused-ring (bicyclic) bond motifs is 1. The molecule has 2 N–H and O–H groups in total. The summed E-state index contributed by atoms with van der Waals surface area (Å²) in [6.07, 6.45) is 3.55. The van der Waals surface area contributed by atoms with Crippen molar-refractivity contribution in [2.45, 2.75) is 6.04 Å². The first kappa shape index (κ1) is 18.1. The maximum atomic E-state index is 13.0. The number of hydrogen-bond donors (Lipinski definition) is 2. The van der Waals surface area contributed by atoms with E-state index >= 15 is 0 Å². The van der Waals surface area contributed by atoms with Crippen molar-refractivity contribution < 1.29 is 9.53 Å². The molecule has 0 aliphatic heterocycles. The molecule has 0 spiro atoms. The van der Waals surface area contributed by atoms with Crippen molar-refractivity contribution >= 4 is 28.4 Å². The topological polar surface area (TPSA) is 71.9 Å². The fourth-order valence-corrected chi connectivity index (χ4v) is 3.39. The van der Waals surface area contributed by atoms with E-state index in [0.29, 0.717) is 16.5 Å². The largest absolute Gasteiger partial charge is 0.497 e. The SMILES string of the molecule is COc1cccc(C(NC(=O)c2cc3cc(Cl)ccc3[nH]2)c2nccn2C)c1. The molecular formula is C21H19ClN4O2. The molecule has 0 bridgehead atoms. The van der Waals surface area contributed by atoms with Gasteiger partial charge in [0.25, 0.3) is 5.91 Å². The summed E-state index contributed by atoms with van der Waals surface area (Å²) in [6, 6.07) is 14.4. The number of aromatic nitrogens is 3. The first-order chi connectivity index (χ1) is 13.5. The fraction of sp³-hybridized carbons (Fsp3) is 0.143. The average molecular weight is 395 g/mol. The summed E-state index contributed by atoms with van der Waals surface area (Å²) >= 11 is 6.05. The summed E-state index contributed by atoms with van der Waals surface area (Å²) < 4.78 is 7.22. The minimum Gasteiger partial charge on any atom is -0.497 e. The highest BCUT2D eigenvalue weighted by molar-refractivity contribution is 6.31. The molecule has 28 heavy (non-hydrogen) atoms. The number of aryl methyl sites for hydroxylation is 1. The molecule has 1 atom stereocenters. The highest BCUT2D eigenvalue weighted by Gasteiger charge is 2.22. The van der Waals surface area contributed by atoms with Crippen molar-refractivity contribution in [2.24, 2.45) is 7.05 Å². The Morgan fingerprint density at radius 2 is 2.11 bits per heavy atom.